The average molecular weight is 294 g/mol. The third kappa shape index (κ3) is 3.19. The van der Waals surface area contributed by atoms with Crippen molar-refractivity contribution in [3.8, 4) is 0 Å². The Morgan fingerprint density at radius 3 is 2.74 bits per heavy atom. The lowest BCUT2D eigenvalue weighted by molar-refractivity contribution is 0.430. The zero-order valence-corrected chi connectivity index (χ0v) is 12.2. The van der Waals surface area contributed by atoms with E-state index in [4.69, 9.17) is 11.6 Å². The van der Waals surface area contributed by atoms with Gasteiger partial charge >= 0.3 is 0 Å². The molecule has 1 saturated heterocycles. The summed E-state index contributed by atoms with van der Waals surface area (Å²) in [5, 5.41) is 4.89. The van der Waals surface area contributed by atoms with Crippen LogP contribution in [0.1, 0.15) is 19.3 Å². The maximum absolute atomic E-state index is 6.21. The van der Waals surface area contributed by atoms with Gasteiger partial charge in [-0.25, -0.2) is 9.97 Å². The summed E-state index contributed by atoms with van der Waals surface area (Å²) in [7, 11) is 0. The van der Waals surface area contributed by atoms with E-state index in [1.54, 1.807) is 11.8 Å². The van der Waals surface area contributed by atoms with Crippen LogP contribution in [0.15, 0.2) is 29.3 Å². The molecule has 0 amide bonds. The highest BCUT2D eigenvalue weighted by Crippen LogP contribution is 2.27. The number of hydrogen-bond acceptors (Lipinski definition) is 4. The van der Waals surface area contributed by atoms with Gasteiger partial charge in [0.1, 0.15) is 5.03 Å². The first-order valence-corrected chi connectivity index (χ1v) is 7.98. The van der Waals surface area contributed by atoms with Crippen molar-refractivity contribution in [3.05, 3.63) is 29.4 Å². The molecule has 19 heavy (non-hydrogen) atoms. The van der Waals surface area contributed by atoms with E-state index in [1.807, 2.05) is 24.3 Å². The van der Waals surface area contributed by atoms with E-state index in [1.165, 1.54) is 19.3 Å². The van der Waals surface area contributed by atoms with Gasteiger partial charge in [-0.2, -0.15) is 0 Å². The minimum absolute atomic E-state index is 0.513. The average Bonchev–Trinajstić information content (AvgIpc) is 2.46. The Balaban J connectivity index is 1.74. The first kappa shape index (κ1) is 13.2. The fourth-order valence-electron chi connectivity index (χ4n) is 2.30. The Kier molecular flexibility index (Phi) is 4.21. The van der Waals surface area contributed by atoms with Crippen molar-refractivity contribution in [1.82, 2.24) is 15.3 Å². The minimum Gasteiger partial charge on any atom is -0.313 e. The van der Waals surface area contributed by atoms with Crippen LogP contribution in [0.2, 0.25) is 5.15 Å². The van der Waals surface area contributed by atoms with Crippen LogP contribution in [0, 0.1) is 0 Å². The van der Waals surface area contributed by atoms with Gasteiger partial charge in [-0.15, -0.1) is 11.8 Å². The van der Waals surface area contributed by atoms with Gasteiger partial charge in [-0.3, -0.25) is 0 Å². The number of piperidine rings is 1. The van der Waals surface area contributed by atoms with Gasteiger partial charge in [0, 0.05) is 11.8 Å². The molecule has 5 heteroatoms. The molecule has 1 aromatic heterocycles. The SMILES string of the molecule is Clc1nc2ccccc2nc1SCC1CCCCN1. The Hall–Kier alpha value is -0.840. The minimum atomic E-state index is 0.513. The Morgan fingerprint density at radius 2 is 2.00 bits per heavy atom. The predicted octanol–water partition coefficient (Wildman–Crippen LogP) is 3.52. The lowest BCUT2D eigenvalue weighted by Gasteiger charge is -2.22. The second-order valence-electron chi connectivity index (χ2n) is 4.77. The highest BCUT2D eigenvalue weighted by Gasteiger charge is 2.14. The molecule has 1 aliphatic heterocycles. The van der Waals surface area contributed by atoms with Crippen molar-refractivity contribution in [2.45, 2.75) is 30.3 Å². The molecular formula is C14H16ClN3S. The molecule has 2 aromatic rings. The normalized spacial score (nSPS) is 19.7. The van der Waals surface area contributed by atoms with Crippen LogP contribution in [0.5, 0.6) is 0 Å². The number of nitrogens with one attached hydrogen (secondary N) is 1. The smallest absolute Gasteiger partial charge is 0.161 e. The Labute approximate surface area is 122 Å². The summed E-state index contributed by atoms with van der Waals surface area (Å²) in [6.45, 7) is 1.13. The summed E-state index contributed by atoms with van der Waals surface area (Å²) in [5.74, 6) is 1.01. The maximum Gasteiger partial charge on any atom is 0.161 e. The second-order valence-corrected chi connectivity index (χ2v) is 6.13. The molecule has 0 spiro atoms. The lowest BCUT2D eigenvalue weighted by atomic mass is 10.1. The molecule has 0 radical (unpaired) electrons. The molecule has 3 nitrogen and oxygen atoms in total. The topological polar surface area (TPSA) is 37.8 Å². The number of thioether (sulfide) groups is 1. The van der Waals surface area contributed by atoms with Crippen molar-refractivity contribution in [3.63, 3.8) is 0 Å². The van der Waals surface area contributed by atoms with Gasteiger partial charge in [-0.05, 0) is 31.5 Å². The molecule has 1 atom stereocenters. The molecule has 1 unspecified atom stereocenters. The molecule has 0 aliphatic carbocycles. The molecular weight excluding hydrogens is 278 g/mol. The van der Waals surface area contributed by atoms with Crippen LogP contribution in [0.25, 0.3) is 11.0 Å². The summed E-state index contributed by atoms with van der Waals surface area (Å²) in [6.07, 6.45) is 3.85. The first-order chi connectivity index (χ1) is 9.33. The Bertz CT molecular complexity index is 570. The van der Waals surface area contributed by atoms with Gasteiger partial charge in [0.05, 0.1) is 11.0 Å². The van der Waals surface area contributed by atoms with Crippen LogP contribution in [0.4, 0.5) is 0 Å². The predicted molar refractivity (Wildman–Crippen MR) is 80.9 cm³/mol. The molecule has 2 heterocycles. The molecule has 1 fully saturated rings. The number of benzene rings is 1. The second kappa shape index (κ2) is 6.07. The van der Waals surface area contributed by atoms with E-state index >= 15 is 0 Å². The number of fused-ring (bicyclic) bond motifs is 1. The highest BCUT2D eigenvalue weighted by molar-refractivity contribution is 7.99. The zero-order valence-electron chi connectivity index (χ0n) is 10.6. The fourth-order valence-corrected chi connectivity index (χ4v) is 3.57. The molecule has 1 aliphatic rings. The zero-order chi connectivity index (χ0) is 13.1. The standard InChI is InChI=1S/C14H16ClN3S/c15-13-14(19-9-10-5-3-4-8-16-10)18-12-7-2-1-6-11(12)17-13/h1-2,6-7,10,16H,3-5,8-9H2. The summed E-state index contributed by atoms with van der Waals surface area (Å²) < 4.78 is 0. The molecule has 1 N–H and O–H groups in total. The fraction of sp³-hybridized carbons (Fsp3) is 0.429. The molecule has 0 bridgehead atoms. The number of hydrogen-bond donors (Lipinski definition) is 1. The van der Waals surface area contributed by atoms with Crippen molar-refractivity contribution >= 4 is 34.4 Å². The van der Waals surface area contributed by atoms with E-state index in [9.17, 15) is 0 Å². The molecule has 0 saturated carbocycles. The third-order valence-electron chi connectivity index (χ3n) is 3.33. The van der Waals surface area contributed by atoms with Crippen molar-refractivity contribution in [2.75, 3.05) is 12.3 Å². The van der Waals surface area contributed by atoms with E-state index in [-0.39, 0.29) is 0 Å². The van der Waals surface area contributed by atoms with Gasteiger partial charge in [0.15, 0.2) is 5.15 Å². The molecule has 100 valence electrons. The van der Waals surface area contributed by atoms with Crippen molar-refractivity contribution in [1.29, 1.82) is 0 Å². The number of nitrogens with zero attached hydrogens (tertiary/aromatic N) is 2. The van der Waals surface area contributed by atoms with E-state index in [0.29, 0.717) is 11.2 Å². The van der Waals surface area contributed by atoms with Crippen LogP contribution in [-0.2, 0) is 0 Å². The van der Waals surface area contributed by atoms with Crippen molar-refractivity contribution < 1.29 is 0 Å². The first-order valence-electron chi connectivity index (χ1n) is 6.61. The summed E-state index contributed by atoms with van der Waals surface area (Å²) in [6, 6.07) is 8.41. The monoisotopic (exact) mass is 293 g/mol. The van der Waals surface area contributed by atoms with E-state index in [0.717, 1.165) is 28.4 Å². The summed E-state index contributed by atoms with van der Waals surface area (Å²) >= 11 is 7.91. The van der Waals surface area contributed by atoms with E-state index in [2.05, 4.69) is 15.3 Å². The maximum atomic E-state index is 6.21. The van der Waals surface area contributed by atoms with Gasteiger partial charge in [0.2, 0.25) is 0 Å². The largest absolute Gasteiger partial charge is 0.313 e. The Morgan fingerprint density at radius 1 is 1.21 bits per heavy atom. The third-order valence-corrected chi connectivity index (χ3v) is 4.84. The highest BCUT2D eigenvalue weighted by atomic mass is 35.5. The van der Waals surface area contributed by atoms with Crippen LogP contribution in [-0.4, -0.2) is 28.3 Å². The van der Waals surface area contributed by atoms with Crippen molar-refractivity contribution in [2.24, 2.45) is 0 Å². The van der Waals surface area contributed by atoms with Gasteiger partial charge in [0.25, 0.3) is 0 Å². The number of aromatic nitrogens is 2. The molecule has 3 rings (SSSR count). The molecule has 1 aromatic carbocycles. The quantitative estimate of drug-likeness (QED) is 0.879. The lowest BCUT2D eigenvalue weighted by Crippen LogP contribution is -2.35. The van der Waals surface area contributed by atoms with Gasteiger partial charge < -0.3 is 5.32 Å². The van der Waals surface area contributed by atoms with E-state index < -0.39 is 0 Å². The van der Waals surface area contributed by atoms with Gasteiger partial charge in [-0.1, -0.05) is 30.2 Å². The van der Waals surface area contributed by atoms with Crippen LogP contribution in [0.3, 0.4) is 0 Å². The number of para-hydroxylation sites is 2. The summed E-state index contributed by atoms with van der Waals surface area (Å²) in [5.41, 5.74) is 1.76. The van der Waals surface area contributed by atoms with Crippen LogP contribution >= 0.6 is 23.4 Å². The number of rotatable bonds is 3. The summed E-state index contributed by atoms with van der Waals surface area (Å²) in [4.78, 5) is 9.00. The van der Waals surface area contributed by atoms with Crippen LogP contribution < -0.4 is 5.32 Å². The number of halogens is 1.